The lowest BCUT2D eigenvalue weighted by Crippen LogP contribution is -1.80. The summed E-state index contributed by atoms with van der Waals surface area (Å²) >= 11 is 3.47. The molecule has 4 aromatic rings. The van der Waals surface area contributed by atoms with Crippen molar-refractivity contribution in [3.05, 3.63) is 82.7 Å². The van der Waals surface area contributed by atoms with Crippen molar-refractivity contribution in [1.29, 1.82) is 5.26 Å². The number of hydrogen-bond donors (Lipinski definition) is 0. The van der Waals surface area contributed by atoms with Gasteiger partial charge in [0.05, 0.1) is 18.1 Å². The van der Waals surface area contributed by atoms with Gasteiger partial charge in [-0.2, -0.15) is 5.26 Å². The zero-order chi connectivity index (χ0) is 19.3. The molecule has 5 nitrogen and oxygen atoms in total. The zero-order valence-electron chi connectivity index (χ0n) is 14.5. The van der Waals surface area contributed by atoms with E-state index in [1.165, 1.54) is 12.5 Å². The van der Waals surface area contributed by atoms with Crippen LogP contribution in [0, 0.1) is 11.3 Å². The summed E-state index contributed by atoms with van der Waals surface area (Å²) in [6.07, 6.45) is 6.58. The molecule has 0 saturated heterocycles. The van der Waals surface area contributed by atoms with Gasteiger partial charge in [-0.1, -0.05) is 30.3 Å². The van der Waals surface area contributed by atoms with Crippen LogP contribution in [0.4, 0.5) is 5.88 Å². The molecular weight excluding hydrogens is 420 g/mol. The van der Waals surface area contributed by atoms with Gasteiger partial charge in [0.25, 0.3) is 0 Å². The van der Waals surface area contributed by atoms with Gasteiger partial charge < -0.3 is 13.3 Å². The molecule has 0 unspecified atom stereocenters. The number of hydrogen-bond acceptors (Lipinski definition) is 5. The van der Waals surface area contributed by atoms with Crippen LogP contribution in [0.1, 0.15) is 11.1 Å². The van der Waals surface area contributed by atoms with Gasteiger partial charge in [0.15, 0.2) is 11.5 Å². The van der Waals surface area contributed by atoms with E-state index in [4.69, 9.17) is 13.3 Å². The molecule has 0 aliphatic heterocycles. The monoisotopic (exact) mass is 432 g/mol. The molecule has 6 heteroatoms. The number of nitrogens with zero attached hydrogens (tertiary/aromatic N) is 2. The average Bonchev–Trinajstić information content (AvgIpc) is 3.46. The molecule has 3 heterocycles. The summed E-state index contributed by atoms with van der Waals surface area (Å²) in [5.74, 6) is 1.57. The molecule has 0 N–H and O–H groups in total. The molecule has 0 radical (unpaired) electrons. The van der Waals surface area contributed by atoms with Crippen LogP contribution >= 0.6 is 15.9 Å². The molecule has 0 saturated carbocycles. The van der Waals surface area contributed by atoms with Gasteiger partial charge >= 0.3 is 0 Å². The zero-order valence-corrected chi connectivity index (χ0v) is 16.1. The Hall–Kier alpha value is -3.56. The van der Waals surface area contributed by atoms with Crippen LogP contribution in [-0.2, 0) is 0 Å². The van der Waals surface area contributed by atoms with Crippen LogP contribution < -0.4 is 0 Å². The first-order valence-electron chi connectivity index (χ1n) is 8.37. The molecule has 0 amide bonds. The average molecular weight is 433 g/mol. The largest absolute Gasteiger partial charge is 0.464 e. The summed E-state index contributed by atoms with van der Waals surface area (Å²) in [5, 5.41) is 9.73. The lowest BCUT2D eigenvalue weighted by atomic mass is 10.1. The lowest BCUT2D eigenvalue weighted by Gasteiger charge is -1.96. The second-order valence-corrected chi connectivity index (χ2v) is 6.67. The number of nitriles is 1. The Morgan fingerprint density at radius 3 is 2.32 bits per heavy atom. The Morgan fingerprint density at radius 1 is 0.964 bits per heavy atom. The minimum atomic E-state index is 0.179. The van der Waals surface area contributed by atoms with Crippen LogP contribution in [0.3, 0.4) is 0 Å². The number of aliphatic imine (C=N–C) groups is 1. The van der Waals surface area contributed by atoms with Crippen LogP contribution in [0.5, 0.6) is 0 Å². The van der Waals surface area contributed by atoms with E-state index in [0.717, 1.165) is 10.0 Å². The lowest BCUT2D eigenvalue weighted by molar-refractivity contribution is 0.527. The highest BCUT2D eigenvalue weighted by Crippen LogP contribution is 2.42. The van der Waals surface area contributed by atoms with E-state index in [1.807, 2.05) is 36.4 Å². The van der Waals surface area contributed by atoms with E-state index in [-0.39, 0.29) is 11.4 Å². The molecule has 3 aromatic heterocycles. The number of allylic oxidation sites excluding steroid dienone is 1. The fourth-order valence-electron chi connectivity index (χ4n) is 2.72. The van der Waals surface area contributed by atoms with Crippen LogP contribution in [0.25, 0.3) is 28.9 Å². The van der Waals surface area contributed by atoms with Crippen molar-refractivity contribution in [1.82, 2.24) is 0 Å². The summed E-state index contributed by atoms with van der Waals surface area (Å²) in [5.41, 5.74) is 1.81. The van der Waals surface area contributed by atoms with Crippen molar-refractivity contribution in [2.24, 2.45) is 4.99 Å². The summed E-state index contributed by atoms with van der Waals surface area (Å²) in [6.45, 7) is 0. The summed E-state index contributed by atoms with van der Waals surface area (Å²) < 4.78 is 17.6. The van der Waals surface area contributed by atoms with Gasteiger partial charge in [0.2, 0.25) is 5.88 Å². The van der Waals surface area contributed by atoms with E-state index >= 15 is 0 Å². The second-order valence-electron chi connectivity index (χ2n) is 5.75. The first kappa shape index (κ1) is 17.8. The maximum atomic E-state index is 9.73. The van der Waals surface area contributed by atoms with Crippen molar-refractivity contribution in [2.75, 3.05) is 0 Å². The Labute approximate surface area is 169 Å². The molecule has 4 rings (SSSR count). The van der Waals surface area contributed by atoms with Gasteiger partial charge in [-0.05, 0) is 51.8 Å². The SMILES string of the molecule is N#Cc1c(/N=C/C(Br)=C/c2ccccc2)oc(-c2ccco2)c1-c1ccco1. The second kappa shape index (κ2) is 7.99. The smallest absolute Gasteiger partial charge is 0.238 e. The summed E-state index contributed by atoms with van der Waals surface area (Å²) in [7, 11) is 0. The third-order valence-corrected chi connectivity index (χ3v) is 4.36. The standard InChI is InChI=1S/C22H13BrN2O3/c23-16(12-15-6-2-1-3-7-15)14-25-22-17(13-24)20(18-8-4-10-26-18)21(28-22)19-9-5-11-27-19/h1-12,14H/b16-12-,25-14+. The molecule has 28 heavy (non-hydrogen) atoms. The molecule has 0 atom stereocenters. The first-order valence-corrected chi connectivity index (χ1v) is 9.16. The first-order chi connectivity index (χ1) is 13.8. The Kier molecular flexibility index (Phi) is 5.09. The van der Waals surface area contributed by atoms with Crippen LogP contribution in [0.2, 0.25) is 0 Å². The molecule has 136 valence electrons. The van der Waals surface area contributed by atoms with Gasteiger partial charge in [-0.25, -0.2) is 4.99 Å². The summed E-state index contributed by atoms with van der Waals surface area (Å²) in [4.78, 5) is 4.36. The predicted octanol–water partition coefficient (Wildman–Crippen LogP) is 6.81. The van der Waals surface area contributed by atoms with Crippen molar-refractivity contribution in [3.8, 4) is 28.9 Å². The normalized spacial score (nSPS) is 11.8. The topological polar surface area (TPSA) is 75.6 Å². The Bertz CT molecular complexity index is 1160. The Morgan fingerprint density at radius 2 is 1.68 bits per heavy atom. The predicted molar refractivity (Wildman–Crippen MR) is 110 cm³/mol. The van der Waals surface area contributed by atoms with Crippen LogP contribution in [0.15, 0.2) is 89.8 Å². The van der Waals surface area contributed by atoms with Gasteiger partial charge in [0.1, 0.15) is 17.4 Å². The van der Waals surface area contributed by atoms with Crippen molar-refractivity contribution in [3.63, 3.8) is 0 Å². The maximum Gasteiger partial charge on any atom is 0.238 e. The van der Waals surface area contributed by atoms with Gasteiger partial charge in [0, 0.05) is 10.7 Å². The number of rotatable bonds is 5. The number of furan rings is 3. The molecule has 0 spiro atoms. The maximum absolute atomic E-state index is 9.73. The van der Waals surface area contributed by atoms with Crippen molar-refractivity contribution in [2.45, 2.75) is 0 Å². The Balaban J connectivity index is 1.77. The van der Waals surface area contributed by atoms with Crippen LogP contribution in [-0.4, -0.2) is 6.21 Å². The molecule has 1 aromatic carbocycles. The molecule has 0 aliphatic carbocycles. The molecule has 0 aliphatic rings. The third kappa shape index (κ3) is 3.61. The van der Waals surface area contributed by atoms with E-state index < -0.39 is 0 Å². The quantitative estimate of drug-likeness (QED) is 0.324. The van der Waals surface area contributed by atoms with E-state index in [0.29, 0.717) is 22.8 Å². The van der Waals surface area contributed by atoms with E-state index in [1.54, 1.807) is 30.5 Å². The molecule has 0 fully saturated rings. The molecular formula is C22H13BrN2O3. The molecule has 0 bridgehead atoms. The fraction of sp³-hybridized carbons (Fsp3) is 0. The highest BCUT2D eigenvalue weighted by Gasteiger charge is 2.25. The highest BCUT2D eigenvalue weighted by molar-refractivity contribution is 9.12. The van der Waals surface area contributed by atoms with E-state index in [9.17, 15) is 5.26 Å². The highest BCUT2D eigenvalue weighted by atomic mass is 79.9. The summed E-state index contributed by atoms with van der Waals surface area (Å²) in [6, 6.07) is 19.0. The minimum Gasteiger partial charge on any atom is -0.464 e. The third-order valence-electron chi connectivity index (χ3n) is 3.92. The fourth-order valence-corrected chi connectivity index (χ4v) is 3.08. The van der Waals surface area contributed by atoms with Gasteiger partial charge in [-0.15, -0.1) is 0 Å². The number of halogens is 1. The van der Waals surface area contributed by atoms with Crippen molar-refractivity contribution >= 4 is 34.1 Å². The van der Waals surface area contributed by atoms with Gasteiger partial charge in [-0.3, -0.25) is 0 Å². The number of benzene rings is 1. The van der Waals surface area contributed by atoms with Crippen molar-refractivity contribution < 1.29 is 13.3 Å². The van der Waals surface area contributed by atoms with E-state index in [2.05, 4.69) is 27.0 Å². The minimum absolute atomic E-state index is 0.179.